The molecule has 0 atom stereocenters. The number of allylic oxidation sites excluding steroid dienone is 1. The largest absolute Gasteiger partial charge is 0.494 e. The number of hydrogen-bond acceptors (Lipinski definition) is 11. The van der Waals surface area contributed by atoms with Gasteiger partial charge in [-0.3, -0.25) is 14.6 Å². The lowest BCUT2D eigenvalue weighted by Crippen LogP contribution is -2.38. The summed E-state index contributed by atoms with van der Waals surface area (Å²) in [7, 11) is 0. The Morgan fingerprint density at radius 2 is 1.37 bits per heavy atom. The second-order valence-electron chi connectivity index (χ2n) is 12.1. The van der Waals surface area contributed by atoms with Crippen LogP contribution in [0.15, 0.2) is 129 Å². The number of fused-ring (bicyclic) bond motifs is 2. The van der Waals surface area contributed by atoms with Crippen LogP contribution in [0, 0.1) is 0 Å². The molecule has 0 unspecified atom stereocenters. The van der Waals surface area contributed by atoms with E-state index in [1.165, 1.54) is 6.07 Å². The van der Waals surface area contributed by atoms with Crippen molar-refractivity contribution >= 4 is 21.9 Å². The van der Waals surface area contributed by atoms with Gasteiger partial charge in [0.2, 0.25) is 0 Å². The topological polar surface area (TPSA) is 140 Å². The molecule has 0 radical (unpaired) electrons. The van der Waals surface area contributed by atoms with Gasteiger partial charge in [0.15, 0.2) is 5.43 Å². The van der Waals surface area contributed by atoms with Crippen molar-refractivity contribution < 1.29 is 23.4 Å². The summed E-state index contributed by atoms with van der Waals surface area (Å²) in [6.45, 7) is 3.59. The molecule has 0 aliphatic carbocycles. The number of hydrazine groups is 2. The average molecular weight is 702 g/mol. The number of nitrogens with one attached hydrogen (secondary N) is 3. The number of hydrogen-bond donors (Lipinski definition) is 3. The van der Waals surface area contributed by atoms with Gasteiger partial charge in [-0.25, -0.2) is 4.98 Å². The van der Waals surface area contributed by atoms with E-state index in [0.29, 0.717) is 85.4 Å². The molecule has 7 rings (SSSR count). The van der Waals surface area contributed by atoms with Crippen LogP contribution in [0.2, 0.25) is 0 Å². The van der Waals surface area contributed by atoms with E-state index in [-0.39, 0.29) is 11.0 Å². The monoisotopic (exact) mass is 701 g/mol. The quantitative estimate of drug-likeness (QED) is 0.0995. The summed E-state index contributed by atoms with van der Waals surface area (Å²) in [6, 6.07) is 31.0. The molecule has 0 saturated carbocycles. The Hall–Kier alpha value is -5.95. The molecule has 2 aromatic heterocycles. The van der Waals surface area contributed by atoms with Gasteiger partial charge in [-0.05, 0) is 85.6 Å². The Labute approximate surface area is 299 Å². The number of nitrogens with zero attached hydrogens (tertiary/aromatic N) is 2. The van der Waals surface area contributed by atoms with E-state index in [2.05, 4.69) is 20.9 Å². The van der Waals surface area contributed by atoms with E-state index >= 15 is 0 Å². The lowest BCUT2D eigenvalue weighted by molar-refractivity contribution is 0.0294. The van der Waals surface area contributed by atoms with E-state index in [1.807, 2.05) is 90.1 Å². The van der Waals surface area contributed by atoms with Gasteiger partial charge < -0.3 is 33.8 Å². The van der Waals surface area contributed by atoms with Crippen LogP contribution in [0.3, 0.4) is 0 Å². The highest BCUT2D eigenvalue weighted by Crippen LogP contribution is 2.25. The van der Waals surface area contributed by atoms with Crippen molar-refractivity contribution in [2.45, 2.75) is 12.8 Å². The highest BCUT2D eigenvalue weighted by atomic mass is 16.5. The minimum absolute atomic E-state index is 0.0686. The van der Waals surface area contributed by atoms with Gasteiger partial charge in [0.25, 0.3) is 5.56 Å². The van der Waals surface area contributed by atoms with Gasteiger partial charge in [-0.1, -0.05) is 24.3 Å². The average Bonchev–Trinajstić information content (AvgIpc) is 3.64. The second-order valence-corrected chi connectivity index (χ2v) is 12.1. The van der Waals surface area contributed by atoms with Crippen LogP contribution in [-0.2, 0) is 9.47 Å². The van der Waals surface area contributed by atoms with Crippen molar-refractivity contribution in [3.05, 3.63) is 136 Å². The van der Waals surface area contributed by atoms with Gasteiger partial charge in [-0.2, -0.15) is 0 Å². The number of benzene rings is 4. The number of ether oxygens (including phenoxy) is 4. The van der Waals surface area contributed by atoms with Crippen LogP contribution in [0.1, 0.15) is 12.8 Å². The standard InChI is InChI=1S/C40H39N5O7/c46-36-26-38(52-37-10-4-2-8-34(36)37)28-11-15-32(16-12-28)51-25-24-49-23-22-48-21-19-45-27-30(43-44-45)6-5-20-50-31-17-13-29(14-18-31)39-41-35-9-3-1-7-33(35)40(47)42-39/h1-4,7-18,26-27,43-44H,5-6,19-25H2,(H,41,42,47). The Bertz CT molecular complexity index is 2250. The van der Waals surface area contributed by atoms with Crippen LogP contribution in [-0.4, -0.2) is 61.2 Å². The van der Waals surface area contributed by atoms with Crippen LogP contribution >= 0.6 is 0 Å². The zero-order valence-corrected chi connectivity index (χ0v) is 28.5. The third kappa shape index (κ3) is 8.85. The van der Waals surface area contributed by atoms with Crippen molar-refractivity contribution in [2.24, 2.45) is 0 Å². The summed E-state index contributed by atoms with van der Waals surface area (Å²) in [5, 5.41) is 3.09. The molecule has 3 heterocycles. The lowest BCUT2D eigenvalue weighted by atomic mass is 10.1. The number of aromatic nitrogens is 2. The Kier molecular flexibility index (Phi) is 11.2. The maximum atomic E-state index is 12.4. The molecular weight excluding hydrogens is 662 g/mol. The highest BCUT2D eigenvalue weighted by Gasteiger charge is 2.11. The van der Waals surface area contributed by atoms with Crippen molar-refractivity contribution in [1.29, 1.82) is 0 Å². The van der Waals surface area contributed by atoms with Gasteiger partial charge in [0.05, 0.1) is 55.9 Å². The van der Waals surface area contributed by atoms with E-state index < -0.39 is 0 Å². The first-order chi connectivity index (χ1) is 25.6. The molecule has 0 amide bonds. The van der Waals surface area contributed by atoms with Crippen molar-refractivity contribution in [3.63, 3.8) is 0 Å². The third-order valence-electron chi connectivity index (χ3n) is 8.39. The second kappa shape index (κ2) is 16.8. The maximum Gasteiger partial charge on any atom is 0.259 e. The van der Waals surface area contributed by atoms with Gasteiger partial charge in [0, 0.05) is 29.1 Å². The molecule has 3 N–H and O–H groups in total. The van der Waals surface area contributed by atoms with E-state index in [4.69, 9.17) is 23.4 Å². The van der Waals surface area contributed by atoms with Gasteiger partial charge >= 0.3 is 0 Å². The third-order valence-corrected chi connectivity index (χ3v) is 8.39. The van der Waals surface area contributed by atoms with Crippen molar-refractivity contribution in [1.82, 2.24) is 25.9 Å². The Balaban J connectivity index is 0.726. The summed E-state index contributed by atoms with van der Waals surface area (Å²) in [6.07, 6.45) is 3.70. The SMILES string of the molecule is O=c1[nH]c(-c2ccc(OCCCC3=CN(CCOCCOCCOc4ccc(-c5cc(=O)c6ccccc6o5)cc4)NN3)cc2)nc2ccccc12. The van der Waals surface area contributed by atoms with E-state index in [1.54, 1.807) is 18.2 Å². The van der Waals surface area contributed by atoms with E-state index in [9.17, 15) is 9.59 Å². The molecular formula is C40H39N5O7. The summed E-state index contributed by atoms with van der Waals surface area (Å²) < 4.78 is 29.0. The first kappa shape index (κ1) is 34.5. The number of rotatable bonds is 17. The predicted molar refractivity (Wildman–Crippen MR) is 199 cm³/mol. The molecule has 0 fully saturated rings. The zero-order valence-electron chi connectivity index (χ0n) is 28.5. The predicted octanol–water partition coefficient (Wildman–Crippen LogP) is 5.80. The van der Waals surface area contributed by atoms with E-state index in [0.717, 1.165) is 35.4 Å². The summed E-state index contributed by atoms with van der Waals surface area (Å²) in [4.78, 5) is 32.2. The number of aromatic amines is 1. The highest BCUT2D eigenvalue weighted by molar-refractivity contribution is 5.80. The molecule has 4 aromatic carbocycles. The first-order valence-corrected chi connectivity index (χ1v) is 17.2. The molecule has 0 bridgehead atoms. The molecule has 1 aliphatic rings. The fraction of sp³-hybridized carbons (Fsp3) is 0.225. The fourth-order valence-corrected chi connectivity index (χ4v) is 5.69. The minimum Gasteiger partial charge on any atom is -0.494 e. The zero-order chi connectivity index (χ0) is 35.5. The van der Waals surface area contributed by atoms with Crippen molar-refractivity contribution in [2.75, 3.05) is 46.2 Å². The molecule has 52 heavy (non-hydrogen) atoms. The number of para-hydroxylation sites is 2. The molecule has 0 saturated heterocycles. The molecule has 0 spiro atoms. The lowest BCUT2D eigenvalue weighted by Gasteiger charge is -2.15. The van der Waals surface area contributed by atoms with Crippen LogP contribution in [0.5, 0.6) is 11.5 Å². The Morgan fingerprint density at radius 1 is 0.692 bits per heavy atom. The van der Waals surface area contributed by atoms with Crippen LogP contribution in [0.4, 0.5) is 0 Å². The van der Waals surface area contributed by atoms with Crippen LogP contribution < -0.4 is 31.4 Å². The maximum absolute atomic E-state index is 12.4. The summed E-state index contributed by atoms with van der Waals surface area (Å²) in [5.74, 6) is 2.52. The molecule has 12 heteroatoms. The van der Waals surface area contributed by atoms with Crippen molar-refractivity contribution in [3.8, 4) is 34.2 Å². The molecule has 12 nitrogen and oxygen atoms in total. The normalized spacial score (nSPS) is 12.6. The summed E-state index contributed by atoms with van der Waals surface area (Å²) in [5.41, 5.74) is 10.0. The molecule has 6 aromatic rings. The fourth-order valence-electron chi connectivity index (χ4n) is 5.69. The summed E-state index contributed by atoms with van der Waals surface area (Å²) >= 11 is 0. The Morgan fingerprint density at radius 3 is 2.17 bits per heavy atom. The van der Waals surface area contributed by atoms with Gasteiger partial charge in [0.1, 0.15) is 35.3 Å². The van der Waals surface area contributed by atoms with Crippen LogP contribution in [0.25, 0.3) is 44.6 Å². The minimum atomic E-state index is -0.155. The molecule has 1 aliphatic heterocycles. The number of H-pyrrole nitrogens is 1. The first-order valence-electron chi connectivity index (χ1n) is 17.2. The van der Waals surface area contributed by atoms with Gasteiger partial charge in [-0.15, -0.1) is 5.53 Å². The smallest absolute Gasteiger partial charge is 0.259 e. The molecule has 266 valence electrons.